The van der Waals surface area contributed by atoms with E-state index in [0.717, 1.165) is 49.4 Å². The van der Waals surface area contributed by atoms with E-state index in [2.05, 4.69) is 13.8 Å². The van der Waals surface area contributed by atoms with Gasteiger partial charge in [-0.3, -0.25) is 4.79 Å². The average molecular weight is 332 g/mol. The van der Waals surface area contributed by atoms with Crippen molar-refractivity contribution < 1.29 is 14.6 Å². The molecule has 0 saturated heterocycles. The van der Waals surface area contributed by atoms with Crippen molar-refractivity contribution in [3.05, 3.63) is 0 Å². The summed E-state index contributed by atoms with van der Waals surface area (Å²) in [4.78, 5) is 12.7. The summed E-state index contributed by atoms with van der Waals surface area (Å²) in [7, 11) is 0. The van der Waals surface area contributed by atoms with Gasteiger partial charge in [0.25, 0.3) is 0 Å². The minimum atomic E-state index is -0.541. The van der Waals surface area contributed by atoms with Gasteiger partial charge >= 0.3 is 5.97 Å². The molecule has 0 radical (unpaired) electrons. The van der Waals surface area contributed by atoms with Crippen molar-refractivity contribution in [3.8, 4) is 0 Å². The van der Waals surface area contributed by atoms with Gasteiger partial charge in [-0.2, -0.15) is 0 Å². The molecule has 0 heterocycles. The van der Waals surface area contributed by atoms with Crippen LogP contribution in [0.2, 0.25) is 0 Å². The van der Waals surface area contributed by atoms with Crippen molar-refractivity contribution in [2.75, 3.05) is 0 Å². The highest BCUT2D eigenvalue weighted by atomic mass is 16.6. The standard InChI is InChI=1S/C21H32O3/c1-12-13(2)18-5-16(12)4-17(18)6-19(22)24-21-9-14-3-15(10-21)8-20(23,7-14)11-21/h12-18,23H,3-11H2,1-2H3. The molecular weight excluding hydrogens is 300 g/mol. The van der Waals surface area contributed by atoms with E-state index in [1.807, 2.05) is 0 Å². The highest BCUT2D eigenvalue weighted by molar-refractivity contribution is 5.70. The van der Waals surface area contributed by atoms with E-state index >= 15 is 0 Å². The molecule has 6 saturated carbocycles. The van der Waals surface area contributed by atoms with Crippen LogP contribution in [0.5, 0.6) is 0 Å². The average Bonchev–Trinajstić information content (AvgIpc) is 2.95. The van der Waals surface area contributed by atoms with Crippen LogP contribution in [-0.2, 0) is 9.53 Å². The molecule has 0 aromatic rings. The monoisotopic (exact) mass is 332 g/mol. The third-order valence-electron chi connectivity index (χ3n) is 8.77. The highest BCUT2D eigenvalue weighted by Crippen LogP contribution is 2.59. The Hall–Kier alpha value is -0.570. The first kappa shape index (κ1) is 15.7. The first-order chi connectivity index (χ1) is 11.3. The number of aliphatic hydroxyl groups is 1. The van der Waals surface area contributed by atoms with Crippen LogP contribution in [0.25, 0.3) is 0 Å². The van der Waals surface area contributed by atoms with Crippen molar-refractivity contribution in [2.45, 2.75) is 82.8 Å². The molecule has 6 fully saturated rings. The zero-order valence-electron chi connectivity index (χ0n) is 15.2. The molecule has 1 N–H and O–H groups in total. The SMILES string of the molecule is CC1C2CC(CC(=O)OC34CC5CC(CC(O)(C5)C3)C4)C(C2)C1C. The van der Waals surface area contributed by atoms with Crippen molar-refractivity contribution in [1.29, 1.82) is 0 Å². The molecule has 6 bridgehead atoms. The molecule has 3 heteroatoms. The van der Waals surface area contributed by atoms with Crippen molar-refractivity contribution in [1.82, 2.24) is 0 Å². The van der Waals surface area contributed by atoms with Crippen LogP contribution in [-0.4, -0.2) is 22.3 Å². The molecule has 0 spiro atoms. The van der Waals surface area contributed by atoms with E-state index < -0.39 is 5.60 Å². The van der Waals surface area contributed by atoms with E-state index in [1.165, 1.54) is 19.3 Å². The molecular formula is C21H32O3. The minimum absolute atomic E-state index is 0.0259. The Morgan fingerprint density at radius 1 is 1.04 bits per heavy atom. The van der Waals surface area contributed by atoms with Crippen LogP contribution in [0.15, 0.2) is 0 Å². The van der Waals surface area contributed by atoms with Gasteiger partial charge in [0.15, 0.2) is 0 Å². The Kier molecular flexibility index (Phi) is 3.26. The van der Waals surface area contributed by atoms with Gasteiger partial charge in [0, 0.05) is 12.8 Å². The number of rotatable bonds is 3. The van der Waals surface area contributed by atoms with Crippen LogP contribution in [0.3, 0.4) is 0 Å². The quantitative estimate of drug-likeness (QED) is 0.797. The summed E-state index contributed by atoms with van der Waals surface area (Å²) in [6, 6.07) is 0. The number of hydrogen-bond acceptors (Lipinski definition) is 3. The third kappa shape index (κ3) is 2.29. The summed E-state index contributed by atoms with van der Waals surface area (Å²) in [6.45, 7) is 4.77. The molecule has 7 unspecified atom stereocenters. The van der Waals surface area contributed by atoms with Crippen LogP contribution in [0.1, 0.15) is 71.6 Å². The van der Waals surface area contributed by atoms with Gasteiger partial charge in [0.05, 0.1) is 5.60 Å². The predicted octanol–water partition coefficient (Wildman–Crippen LogP) is 3.93. The molecule has 24 heavy (non-hydrogen) atoms. The number of esters is 1. The number of fused-ring (bicyclic) bond motifs is 2. The smallest absolute Gasteiger partial charge is 0.306 e. The molecule has 7 atom stereocenters. The maximum Gasteiger partial charge on any atom is 0.306 e. The summed E-state index contributed by atoms with van der Waals surface area (Å²) >= 11 is 0. The molecule has 0 aliphatic heterocycles. The molecule has 0 aromatic carbocycles. The van der Waals surface area contributed by atoms with E-state index in [9.17, 15) is 9.90 Å². The summed E-state index contributed by atoms with van der Waals surface area (Å²) in [5.74, 6) is 4.89. The Labute approximate surface area is 145 Å². The maximum atomic E-state index is 12.7. The Morgan fingerprint density at radius 2 is 1.75 bits per heavy atom. The largest absolute Gasteiger partial charge is 0.459 e. The highest BCUT2D eigenvalue weighted by Gasteiger charge is 2.59. The van der Waals surface area contributed by atoms with Crippen LogP contribution in [0, 0.1) is 41.4 Å². The summed E-state index contributed by atoms with van der Waals surface area (Å²) in [5, 5.41) is 10.8. The number of carbonyl (C=O) groups excluding carboxylic acids is 1. The molecule has 3 nitrogen and oxygen atoms in total. The molecule has 6 rings (SSSR count). The van der Waals surface area contributed by atoms with Crippen molar-refractivity contribution in [2.24, 2.45) is 41.4 Å². The third-order valence-corrected chi connectivity index (χ3v) is 8.77. The fraction of sp³-hybridized carbons (Fsp3) is 0.952. The van der Waals surface area contributed by atoms with Crippen molar-refractivity contribution in [3.63, 3.8) is 0 Å². The molecule has 6 aliphatic rings. The lowest BCUT2D eigenvalue weighted by atomic mass is 9.52. The Bertz CT molecular complexity index is 539. The van der Waals surface area contributed by atoms with Gasteiger partial charge in [-0.1, -0.05) is 13.8 Å². The van der Waals surface area contributed by atoms with Gasteiger partial charge in [-0.25, -0.2) is 0 Å². The Morgan fingerprint density at radius 3 is 2.33 bits per heavy atom. The van der Waals surface area contributed by atoms with Gasteiger partial charge in [0.1, 0.15) is 5.60 Å². The first-order valence-electron chi connectivity index (χ1n) is 10.3. The predicted molar refractivity (Wildman–Crippen MR) is 91.1 cm³/mol. The number of hydrogen-bond donors (Lipinski definition) is 1. The van der Waals surface area contributed by atoms with E-state index in [-0.39, 0.29) is 11.6 Å². The second-order valence-electron chi connectivity index (χ2n) is 10.4. The second kappa shape index (κ2) is 4.99. The fourth-order valence-electron chi connectivity index (χ4n) is 8.08. The van der Waals surface area contributed by atoms with E-state index in [4.69, 9.17) is 4.74 Å². The first-order valence-corrected chi connectivity index (χ1v) is 10.3. The lowest BCUT2D eigenvalue weighted by molar-refractivity contribution is -0.220. The van der Waals surface area contributed by atoms with E-state index in [1.54, 1.807) is 0 Å². The topological polar surface area (TPSA) is 46.5 Å². The van der Waals surface area contributed by atoms with Gasteiger partial charge < -0.3 is 9.84 Å². The van der Waals surface area contributed by atoms with Gasteiger partial charge in [-0.05, 0) is 86.4 Å². The summed E-state index contributed by atoms with van der Waals surface area (Å²) in [6.07, 6.45) is 8.99. The molecule has 0 amide bonds. The normalized spacial score (nSPS) is 57.5. The lowest BCUT2D eigenvalue weighted by Gasteiger charge is -2.59. The fourth-order valence-corrected chi connectivity index (χ4v) is 8.08. The zero-order valence-corrected chi connectivity index (χ0v) is 15.2. The summed E-state index contributed by atoms with van der Waals surface area (Å²) < 4.78 is 6.15. The minimum Gasteiger partial charge on any atom is -0.459 e. The molecule has 0 aromatic heterocycles. The molecule has 134 valence electrons. The molecule has 6 aliphatic carbocycles. The lowest BCUT2D eigenvalue weighted by Crippen LogP contribution is -2.60. The van der Waals surface area contributed by atoms with E-state index in [0.29, 0.717) is 30.6 Å². The van der Waals surface area contributed by atoms with Crippen molar-refractivity contribution >= 4 is 5.97 Å². The Balaban J connectivity index is 1.25. The van der Waals surface area contributed by atoms with Crippen LogP contribution < -0.4 is 0 Å². The number of carbonyl (C=O) groups is 1. The number of ether oxygens (including phenoxy) is 1. The summed E-state index contributed by atoms with van der Waals surface area (Å²) in [5.41, 5.74) is -0.868. The van der Waals surface area contributed by atoms with Gasteiger partial charge in [-0.15, -0.1) is 0 Å². The van der Waals surface area contributed by atoms with Crippen LogP contribution >= 0.6 is 0 Å². The second-order valence-corrected chi connectivity index (χ2v) is 10.4. The van der Waals surface area contributed by atoms with Crippen LogP contribution in [0.4, 0.5) is 0 Å². The zero-order chi connectivity index (χ0) is 16.7. The maximum absolute atomic E-state index is 12.7. The van der Waals surface area contributed by atoms with Gasteiger partial charge in [0.2, 0.25) is 0 Å².